The Morgan fingerprint density at radius 3 is 2.50 bits per heavy atom. The molecule has 1 rings (SSSR count). The Hall–Kier alpha value is -1.40. The van der Waals surface area contributed by atoms with E-state index in [1.54, 1.807) is 6.92 Å². The molecule has 0 bridgehead atoms. The van der Waals surface area contributed by atoms with Gasteiger partial charge in [0.25, 0.3) is 11.6 Å². The summed E-state index contributed by atoms with van der Waals surface area (Å²) in [5, 5.41) is 13.4. The fourth-order valence-electron chi connectivity index (χ4n) is 1.54. The average molecular weight is 323 g/mol. The fourth-order valence-corrected chi connectivity index (χ4v) is 2.33. The van der Waals surface area contributed by atoms with Crippen molar-refractivity contribution >= 4 is 34.8 Å². The van der Waals surface area contributed by atoms with E-state index in [2.05, 4.69) is 5.32 Å². The van der Waals surface area contributed by atoms with Crippen molar-refractivity contribution in [1.29, 1.82) is 0 Å². The van der Waals surface area contributed by atoms with Crippen molar-refractivity contribution in [3.8, 4) is 0 Å². The van der Waals surface area contributed by atoms with Crippen LogP contribution in [0.3, 0.4) is 0 Å². The van der Waals surface area contributed by atoms with Crippen molar-refractivity contribution in [2.24, 2.45) is 0 Å². The molecule has 0 atom stereocenters. The van der Waals surface area contributed by atoms with Gasteiger partial charge < -0.3 is 5.32 Å². The zero-order chi connectivity index (χ0) is 15.3. The molecule has 0 unspecified atom stereocenters. The normalized spacial score (nSPS) is 11.2. The Labute approximate surface area is 125 Å². The second-order valence-electron chi connectivity index (χ2n) is 4.27. The summed E-state index contributed by atoms with van der Waals surface area (Å²) in [4.78, 5) is 22.2. The highest BCUT2D eigenvalue weighted by atomic mass is 35.5. The molecule has 0 saturated carbocycles. The first-order valence-electron chi connectivity index (χ1n) is 5.77. The molecule has 110 valence electrons. The molecule has 0 aliphatic heterocycles. The number of nitrogens with one attached hydrogen (secondary N) is 1. The number of carbonyl (C=O) groups excluding carboxylic acids is 1. The zero-order valence-electron chi connectivity index (χ0n) is 10.7. The van der Waals surface area contributed by atoms with E-state index in [4.69, 9.17) is 23.2 Å². The van der Waals surface area contributed by atoms with Gasteiger partial charge in [-0.25, -0.2) is 4.39 Å². The highest BCUT2D eigenvalue weighted by Gasteiger charge is 2.31. The number of carbonyl (C=O) groups is 1. The van der Waals surface area contributed by atoms with Gasteiger partial charge in [0.05, 0.1) is 10.5 Å². The number of nitrogens with zero attached hydrogens (tertiary/aromatic N) is 1. The van der Waals surface area contributed by atoms with Crippen LogP contribution in [0.4, 0.5) is 10.1 Å². The first-order valence-corrected chi connectivity index (χ1v) is 6.84. The summed E-state index contributed by atoms with van der Waals surface area (Å²) >= 11 is 11.6. The van der Waals surface area contributed by atoms with Gasteiger partial charge in [-0.15, -0.1) is 23.2 Å². The molecule has 8 heteroatoms. The van der Waals surface area contributed by atoms with Gasteiger partial charge in [-0.05, 0) is 18.6 Å². The number of benzene rings is 1. The molecule has 1 aromatic rings. The summed E-state index contributed by atoms with van der Waals surface area (Å²) in [5.41, 5.74) is -1.72. The minimum atomic E-state index is -0.889. The first kappa shape index (κ1) is 16.7. The predicted octanol–water partition coefficient (Wildman–Crippen LogP) is 3.09. The van der Waals surface area contributed by atoms with Crippen molar-refractivity contribution in [1.82, 2.24) is 5.32 Å². The number of hydrogen-bond donors (Lipinski definition) is 1. The number of hydrogen-bond acceptors (Lipinski definition) is 3. The maximum Gasteiger partial charge on any atom is 0.282 e. The molecule has 1 N–H and O–H groups in total. The van der Waals surface area contributed by atoms with Crippen LogP contribution in [0.5, 0.6) is 0 Å². The highest BCUT2D eigenvalue weighted by Crippen LogP contribution is 2.22. The molecule has 1 aromatic carbocycles. The predicted molar refractivity (Wildman–Crippen MR) is 75.0 cm³/mol. The van der Waals surface area contributed by atoms with E-state index in [0.717, 1.165) is 18.2 Å². The van der Waals surface area contributed by atoms with Crippen molar-refractivity contribution in [3.63, 3.8) is 0 Å². The van der Waals surface area contributed by atoms with Gasteiger partial charge in [0.1, 0.15) is 11.4 Å². The summed E-state index contributed by atoms with van der Waals surface area (Å²) < 4.78 is 13.2. The van der Waals surface area contributed by atoms with E-state index in [9.17, 15) is 19.3 Å². The SMILES string of the molecule is CCC(CCl)(CCl)NC(=O)c1cc(F)ccc1[N+](=O)[O-]. The van der Waals surface area contributed by atoms with Gasteiger partial charge in [-0.2, -0.15) is 0 Å². The lowest BCUT2D eigenvalue weighted by Gasteiger charge is -2.29. The highest BCUT2D eigenvalue weighted by molar-refractivity contribution is 6.22. The number of amides is 1. The fraction of sp³-hybridized carbons (Fsp3) is 0.417. The molecule has 1 amide bonds. The van der Waals surface area contributed by atoms with Crippen molar-refractivity contribution < 1.29 is 14.1 Å². The Balaban J connectivity index is 3.15. The van der Waals surface area contributed by atoms with E-state index in [1.807, 2.05) is 0 Å². The molecule has 0 aliphatic rings. The van der Waals surface area contributed by atoms with Gasteiger partial charge in [0.15, 0.2) is 0 Å². The maximum absolute atomic E-state index is 13.2. The second-order valence-corrected chi connectivity index (χ2v) is 4.81. The maximum atomic E-state index is 13.2. The third kappa shape index (κ3) is 3.58. The molecule has 0 aromatic heterocycles. The third-order valence-corrected chi connectivity index (χ3v) is 3.99. The standard InChI is InChI=1S/C12H13Cl2FN2O3/c1-2-12(6-13,7-14)16-11(18)9-5-8(15)3-4-10(9)17(19)20/h3-5H,2,6-7H2,1H3,(H,16,18). The molecule has 0 aliphatic carbocycles. The van der Waals surface area contributed by atoms with Crippen molar-refractivity contribution in [2.75, 3.05) is 11.8 Å². The lowest BCUT2D eigenvalue weighted by Crippen LogP contribution is -2.51. The number of alkyl halides is 2. The molecule has 0 radical (unpaired) electrons. The Bertz CT molecular complexity index is 513. The van der Waals surface area contributed by atoms with E-state index < -0.39 is 27.9 Å². The smallest absolute Gasteiger partial charge is 0.282 e. The number of halogens is 3. The summed E-state index contributed by atoms with van der Waals surface area (Å²) in [7, 11) is 0. The van der Waals surface area contributed by atoms with Crippen LogP contribution in [0.25, 0.3) is 0 Å². The average Bonchev–Trinajstić information content (AvgIpc) is 2.44. The van der Waals surface area contributed by atoms with Gasteiger partial charge >= 0.3 is 0 Å². The van der Waals surface area contributed by atoms with Crippen LogP contribution >= 0.6 is 23.2 Å². The van der Waals surface area contributed by atoms with E-state index in [-0.39, 0.29) is 17.3 Å². The monoisotopic (exact) mass is 322 g/mol. The second kappa shape index (κ2) is 6.85. The molecule has 20 heavy (non-hydrogen) atoms. The van der Waals surface area contributed by atoms with Gasteiger partial charge in [0, 0.05) is 17.8 Å². The van der Waals surface area contributed by atoms with E-state index in [0.29, 0.717) is 6.42 Å². The molecular formula is C12H13Cl2FN2O3. The summed E-state index contributed by atoms with van der Waals surface area (Å²) in [6.45, 7) is 1.77. The van der Waals surface area contributed by atoms with Crippen LogP contribution in [0.1, 0.15) is 23.7 Å². The van der Waals surface area contributed by atoms with Crippen molar-refractivity contribution in [2.45, 2.75) is 18.9 Å². The summed E-state index contributed by atoms with van der Waals surface area (Å²) in [6, 6.07) is 2.68. The lowest BCUT2D eigenvalue weighted by atomic mass is 10.0. The van der Waals surface area contributed by atoms with Gasteiger partial charge in [-0.1, -0.05) is 6.92 Å². The number of rotatable bonds is 6. The molecule has 5 nitrogen and oxygen atoms in total. The Morgan fingerprint density at radius 2 is 2.05 bits per heavy atom. The topological polar surface area (TPSA) is 72.2 Å². The van der Waals surface area contributed by atoms with Crippen LogP contribution in [0.15, 0.2) is 18.2 Å². The summed E-state index contributed by atoms with van der Waals surface area (Å²) in [6.07, 6.45) is 0.439. The van der Waals surface area contributed by atoms with Gasteiger partial charge in [0.2, 0.25) is 0 Å². The third-order valence-electron chi connectivity index (χ3n) is 2.97. The minimum Gasteiger partial charge on any atom is -0.344 e. The quantitative estimate of drug-likeness (QED) is 0.497. The molecule has 0 saturated heterocycles. The molecule has 0 spiro atoms. The largest absolute Gasteiger partial charge is 0.344 e. The lowest BCUT2D eigenvalue weighted by molar-refractivity contribution is -0.385. The van der Waals surface area contributed by atoms with Crippen LogP contribution in [-0.4, -0.2) is 28.1 Å². The van der Waals surface area contributed by atoms with Crippen LogP contribution in [0.2, 0.25) is 0 Å². The Kier molecular flexibility index (Phi) is 5.71. The Morgan fingerprint density at radius 1 is 1.45 bits per heavy atom. The molecule has 0 heterocycles. The molecular weight excluding hydrogens is 310 g/mol. The minimum absolute atomic E-state index is 0.0435. The van der Waals surface area contributed by atoms with E-state index in [1.165, 1.54) is 0 Å². The van der Waals surface area contributed by atoms with Crippen molar-refractivity contribution in [3.05, 3.63) is 39.7 Å². The van der Waals surface area contributed by atoms with Gasteiger partial charge in [-0.3, -0.25) is 14.9 Å². The van der Waals surface area contributed by atoms with Crippen LogP contribution < -0.4 is 5.32 Å². The molecule has 0 fully saturated rings. The van der Waals surface area contributed by atoms with Crippen LogP contribution in [-0.2, 0) is 0 Å². The first-order chi connectivity index (χ1) is 9.39. The zero-order valence-corrected chi connectivity index (χ0v) is 12.2. The van der Waals surface area contributed by atoms with Crippen LogP contribution in [0, 0.1) is 15.9 Å². The summed E-state index contributed by atoms with van der Waals surface area (Å²) in [5.74, 6) is -1.43. The van der Waals surface area contributed by atoms with E-state index >= 15 is 0 Å². The number of nitro groups is 1. The number of nitro benzene ring substituents is 1.